The van der Waals surface area contributed by atoms with Gasteiger partial charge in [0.1, 0.15) is 17.6 Å². The first-order chi connectivity index (χ1) is 13.5. The van der Waals surface area contributed by atoms with Crippen LogP contribution in [0.4, 0.5) is 0 Å². The highest BCUT2D eigenvalue weighted by atomic mass is 16.5. The van der Waals surface area contributed by atoms with Crippen LogP contribution in [0.3, 0.4) is 0 Å². The van der Waals surface area contributed by atoms with Crippen molar-refractivity contribution in [1.82, 2.24) is 15.3 Å². The quantitative estimate of drug-likeness (QED) is 0.822. The fourth-order valence-electron chi connectivity index (χ4n) is 3.47. The van der Waals surface area contributed by atoms with Crippen LogP contribution in [0.1, 0.15) is 47.4 Å². The fourth-order valence-corrected chi connectivity index (χ4v) is 3.47. The van der Waals surface area contributed by atoms with Gasteiger partial charge in [-0.3, -0.25) is 4.79 Å². The Morgan fingerprint density at radius 2 is 1.68 bits per heavy atom. The van der Waals surface area contributed by atoms with E-state index in [1.54, 1.807) is 32.4 Å². The predicted molar refractivity (Wildman–Crippen MR) is 105 cm³/mol. The molecule has 7 heteroatoms. The molecule has 1 aromatic heterocycles. The summed E-state index contributed by atoms with van der Waals surface area (Å²) in [6.45, 7) is 3.86. The molecular weight excluding hydrogens is 358 g/mol. The molecule has 0 radical (unpaired) electrons. The molecule has 3 rings (SSSR count). The van der Waals surface area contributed by atoms with Crippen molar-refractivity contribution < 1.29 is 19.0 Å². The summed E-state index contributed by atoms with van der Waals surface area (Å²) >= 11 is 0. The maximum Gasteiger partial charge on any atom is 0.317 e. The highest BCUT2D eigenvalue weighted by molar-refractivity contribution is 5.97. The monoisotopic (exact) mass is 385 g/mol. The molecule has 0 atom stereocenters. The van der Waals surface area contributed by atoms with E-state index in [-0.39, 0.29) is 18.1 Å². The van der Waals surface area contributed by atoms with Gasteiger partial charge in [-0.15, -0.1) is 0 Å². The van der Waals surface area contributed by atoms with Crippen LogP contribution in [-0.4, -0.2) is 42.2 Å². The molecule has 2 aromatic rings. The average molecular weight is 385 g/mol. The number of carbonyl (C=O) groups is 1. The van der Waals surface area contributed by atoms with Crippen LogP contribution >= 0.6 is 0 Å². The van der Waals surface area contributed by atoms with Crippen LogP contribution in [-0.2, 0) is 0 Å². The van der Waals surface area contributed by atoms with E-state index in [2.05, 4.69) is 15.3 Å². The Morgan fingerprint density at radius 1 is 1.00 bits per heavy atom. The normalized spacial score (nSPS) is 19.0. The van der Waals surface area contributed by atoms with Gasteiger partial charge in [-0.2, -0.15) is 0 Å². The Morgan fingerprint density at radius 3 is 2.29 bits per heavy atom. The molecule has 1 saturated carbocycles. The minimum Gasteiger partial charge on any atom is -0.497 e. The summed E-state index contributed by atoms with van der Waals surface area (Å²) in [5, 5.41) is 3.10. The number of rotatable bonds is 6. The first-order valence-electron chi connectivity index (χ1n) is 9.50. The molecule has 7 nitrogen and oxygen atoms in total. The SMILES string of the molecule is COc1ccc(C(=O)NC2CCC(Oc3nc(C)cc(C)n3)CC2)c(OC)c1. The van der Waals surface area contributed by atoms with Crippen LogP contribution in [0, 0.1) is 13.8 Å². The summed E-state index contributed by atoms with van der Waals surface area (Å²) in [6, 6.07) is 7.66. The standard InChI is InChI=1S/C21H27N3O4/c1-13-11-14(2)23-21(22-13)28-16-7-5-15(6-8-16)24-20(25)18-10-9-17(26-3)12-19(18)27-4/h9-12,15-16H,5-8H2,1-4H3,(H,24,25). The van der Waals surface area contributed by atoms with Gasteiger partial charge in [-0.1, -0.05) is 0 Å². The van der Waals surface area contributed by atoms with E-state index in [1.807, 2.05) is 19.9 Å². The van der Waals surface area contributed by atoms with Gasteiger partial charge in [0.25, 0.3) is 5.91 Å². The number of aryl methyl sites for hydroxylation is 2. The summed E-state index contributed by atoms with van der Waals surface area (Å²) in [5.41, 5.74) is 2.30. The van der Waals surface area contributed by atoms with Crippen molar-refractivity contribution in [1.29, 1.82) is 0 Å². The number of ether oxygens (including phenoxy) is 3. The van der Waals surface area contributed by atoms with Crippen molar-refractivity contribution >= 4 is 5.91 Å². The predicted octanol–water partition coefficient (Wildman–Crippen LogP) is 3.23. The smallest absolute Gasteiger partial charge is 0.317 e. The lowest BCUT2D eigenvalue weighted by molar-refractivity contribution is 0.0881. The van der Waals surface area contributed by atoms with E-state index in [1.165, 1.54) is 0 Å². The second-order valence-electron chi connectivity index (χ2n) is 7.06. The highest BCUT2D eigenvalue weighted by Crippen LogP contribution is 2.26. The summed E-state index contributed by atoms with van der Waals surface area (Å²) in [4.78, 5) is 21.3. The first-order valence-corrected chi connectivity index (χ1v) is 9.50. The number of hydrogen-bond acceptors (Lipinski definition) is 6. The molecule has 0 bridgehead atoms. The van der Waals surface area contributed by atoms with E-state index in [4.69, 9.17) is 14.2 Å². The Bertz CT molecular complexity index is 812. The second kappa shape index (κ2) is 8.91. The zero-order chi connectivity index (χ0) is 20.1. The lowest BCUT2D eigenvalue weighted by Crippen LogP contribution is -2.40. The van der Waals surface area contributed by atoms with Crippen LogP contribution in [0.5, 0.6) is 17.5 Å². The third-order valence-corrected chi connectivity index (χ3v) is 4.90. The molecule has 0 aliphatic heterocycles. The third kappa shape index (κ3) is 4.91. The minimum absolute atomic E-state index is 0.0740. The first kappa shape index (κ1) is 19.9. The van der Waals surface area contributed by atoms with Gasteiger partial charge in [-0.25, -0.2) is 9.97 Å². The van der Waals surface area contributed by atoms with Gasteiger partial charge in [0, 0.05) is 23.5 Å². The Hall–Kier alpha value is -2.83. The van der Waals surface area contributed by atoms with Gasteiger partial charge in [0.15, 0.2) is 0 Å². The molecule has 1 N–H and O–H groups in total. The molecular formula is C21H27N3O4. The maximum absolute atomic E-state index is 12.7. The van der Waals surface area contributed by atoms with Gasteiger partial charge < -0.3 is 19.5 Å². The number of amides is 1. The average Bonchev–Trinajstić information content (AvgIpc) is 2.68. The summed E-state index contributed by atoms with van der Waals surface area (Å²) in [5.74, 6) is 1.02. The van der Waals surface area contributed by atoms with Crippen molar-refractivity contribution in [3.8, 4) is 17.5 Å². The number of nitrogens with one attached hydrogen (secondary N) is 1. The van der Waals surface area contributed by atoms with Crippen LogP contribution in [0.25, 0.3) is 0 Å². The lowest BCUT2D eigenvalue weighted by atomic mass is 9.92. The summed E-state index contributed by atoms with van der Waals surface area (Å²) in [6.07, 6.45) is 3.46. The van der Waals surface area contributed by atoms with Gasteiger partial charge >= 0.3 is 6.01 Å². The van der Waals surface area contributed by atoms with Gasteiger partial charge in [0.2, 0.25) is 0 Å². The van der Waals surface area contributed by atoms with Crippen LogP contribution < -0.4 is 19.5 Å². The molecule has 0 spiro atoms. The molecule has 150 valence electrons. The number of methoxy groups -OCH3 is 2. The molecule has 1 aliphatic rings. The van der Waals surface area contributed by atoms with Crippen LogP contribution in [0.2, 0.25) is 0 Å². The van der Waals surface area contributed by atoms with E-state index >= 15 is 0 Å². The van der Waals surface area contributed by atoms with Crippen molar-refractivity contribution in [2.24, 2.45) is 0 Å². The van der Waals surface area contributed by atoms with Crippen LogP contribution in [0.15, 0.2) is 24.3 Å². The zero-order valence-electron chi connectivity index (χ0n) is 16.8. The molecule has 1 fully saturated rings. The van der Waals surface area contributed by atoms with Gasteiger partial charge in [0.05, 0.1) is 19.8 Å². The summed E-state index contributed by atoms with van der Waals surface area (Å²) in [7, 11) is 3.13. The third-order valence-electron chi connectivity index (χ3n) is 4.90. The van der Waals surface area contributed by atoms with E-state index in [9.17, 15) is 4.79 Å². The van der Waals surface area contributed by atoms with Crippen molar-refractivity contribution in [3.05, 3.63) is 41.2 Å². The van der Waals surface area contributed by atoms with E-state index in [0.29, 0.717) is 23.1 Å². The minimum atomic E-state index is -0.137. The molecule has 1 heterocycles. The van der Waals surface area contributed by atoms with E-state index in [0.717, 1.165) is 37.1 Å². The van der Waals surface area contributed by atoms with Crippen molar-refractivity contribution in [3.63, 3.8) is 0 Å². The molecule has 1 aliphatic carbocycles. The Kier molecular flexibility index (Phi) is 6.34. The summed E-state index contributed by atoms with van der Waals surface area (Å²) < 4.78 is 16.5. The van der Waals surface area contributed by atoms with E-state index < -0.39 is 0 Å². The molecule has 0 unspecified atom stereocenters. The Balaban J connectivity index is 1.54. The molecule has 28 heavy (non-hydrogen) atoms. The van der Waals surface area contributed by atoms with Crippen molar-refractivity contribution in [2.75, 3.05) is 14.2 Å². The second-order valence-corrected chi connectivity index (χ2v) is 7.06. The zero-order valence-corrected chi connectivity index (χ0v) is 16.8. The fraction of sp³-hybridized carbons (Fsp3) is 0.476. The Labute approximate surface area is 165 Å². The number of carbonyl (C=O) groups excluding carboxylic acids is 1. The largest absolute Gasteiger partial charge is 0.497 e. The number of hydrogen-bond donors (Lipinski definition) is 1. The molecule has 1 amide bonds. The number of benzene rings is 1. The lowest BCUT2D eigenvalue weighted by Gasteiger charge is -2.29. The maximum atomic E-state index is 12.7. The topological polar surface area (TPSA) is 82.6 Å². The highest BCUT2D eigenvalue weighted by Gasteiger charge is 2.25. The molecule has 1 aromatic carbocycles. The number of aromatic nitrogens is 2. The molecule has 0 saturated heterocycles. The number of nitrogens with zero attached hydrogens (tertiary/aromatic N) is 2. The van der Waals surface area contributed by atoms with Crippen molar-refractivity contribution in [2.45, 2.75) is 51.7 Å². The van der Waals surface area contributed by atoms with Gasteiger partial charge in [-0.05, 0) is 57.7 Å².